The molecule has 0 spiro atoms. The van der Waals surface area contributed by atoms with E-state index in [0.717, 1.165) is 22.9 Å². The lowest BCUT2D eigenvalue weighted by Crippen LogP contribution is -2.20. The van der Waals surface area contributed by atoms with Crippen molar-refractivity contribution in [3.63, 3.8) is 0 Å². The largest absolute Gasteiger partial charge is 0.478 e. The maximum atomic E-state index is 12.6. The van der Waals surface area contributed by atoms with Crippen LogP contribution in [0.1, 0.15) is 44.3 Å². The van der Waals surface area contributed by atoms with Crippen LogP contribution < -0.4 is 10.9 Å². The first-order chi connectivity index (χ1) is 15.2. The van der Waals surface area contributed by atoms with Gasteiger partial charge in [-0.15, -0.1) is 0 Å². The van der Waals surface area contributed by atoms with Crippen molar-refractivity contribution in [1.29, 1.82) is 0 Å². The molecule has 2 N–H and O–H groups in total. The Kier molecular flexibility index (Phi) is 5.57. The third-order valence-electron chi connectivity index (χ3n) is 5.96. The number of nitrogens with one attached hydrogen (secondary N) is 1. The molecule has 0 bridgehead atoms. The highest BCUT2D eigenvalue weighted by Gasteiger charge is 2.18. The zero-order valence-corrected chi connectivity index (χ0v) is 18.6. The molecule has 2 aromatic heterocycles. The van der Waals surface area contributed by atoms with Crippen LogP contribution in [0, 0.1) is 27.7 Å². The third kappa shape index (κ3) is 4.01. The summed E-state index contributed by atoms with van der Waals surface area (Å²) in [5.41, 5.74) is 6.75. The molecule has 1 aromatic carbocycles. The first-order valence-corrected chi connectivity index (χ1v) is 10.5. The standard InChI is InChI=1S/C25H26N4O3/c1-15-6-5-7-16(2)22(15)12-26-20-10-21(14-28-18(4)17(3)27-23(28)11-20)29-13-19(25(31)32)8-9-24(29)30/h5-10,13-14,26H,11-12H2,1-4H3,(H,31,32). The van der Waals surface area contributed by atoms with Crippen molar-refractivity contribution in [2.75, 3.05) is 0 Å². The lowest BCUT2D eigenvalue weighted by Gasteiger charge is -2.14. The van der Waals surface area contributed by atoms with Gasteiger partial charge in [-0.05, 0) is 56.5 Å². The van der Waals surface area contributed by atoms with Crippen molar-refractivity contribution in [1.82, 2.24) is 19.4 Å². The molecule has 164 valence electrons. The van der Waals surface area contributed by atoms with Gasteiger partial charge in [-0.1, -0.05) is 18.2 Å². The van der Waals surface area contributed by atoms with Crippen molar-refractivity contribution in [2.45, 2.75) is 40.7 Å². The van der Waals surface area contributed by atoms with E-state index in [1.165, 1.54) is 39.6 Å². The lowest BCUT2D eigenvalue weighted by molar-refractivity contribution is 0.0696. The van der Waals surface area contributed by atoms with Gasteiger partial charge in [-0.25, -0.2) is 9.78 Å². The van der Waals surface area contributed by atoms with Crippen molar-refractivity contribution in [3.05, 3.63) is 98.1 Å². The molecule has 0 aliphatic carbocycles. The Bertz CT molecular complexity index is 1320. The van der Waals surface area contributed by atoms with Gasteiger partial charge >= 0.3 is 5.97 Å². The van der Waals surface area contributed by atoms with E-state index in [9.17, 15) is 14.7 Å². The minimum atomic E-state index is -1.08. The van der Waals surface area contributed by atoms with E-state index in [1.54, 1.807) is 0 Å². The Balaban J connectivity index is 1.79. The van der Waals surface area contributed by atoms with E-state index in [-0.39, 0.29) is 11.1 Å². The molecule has 1 aliphatic rings. The van der Waals surface area contributed by atoms with Crippen molar-refractivity contribution < 1.29 is 9.90 Å². The van der Waals surface area contributed by atoms with Crippen LogP contribution in [0.5, 0.6) is 0 Å². The number of hydrogen-bond acceptors (Lipinski definition) is 4. The number of imidazole rings is 1. The van der Waals surface area contributed by atoms with Crippen LogP contribution in [0.4, 0.5) is 0 Å². The van der Waals surface area contributed by atoms with E-state index in [0.29, 0.717) is 18.7 Å². The fraction of sp³-hybridized carbons (Fsp3) is 0.240. The van der Waals surface area contributed by atoms with Crippen LogP contribution >= 0.6 is 0 Å². The molecule has 1 aliphatic heterocycles. The number of carboxylic acids is 1. The zero-order chi connectivity index (χ0) is 23.0. The topological polar surface area (TPSA) is 89.2 Å². The number of carboxylic acid groups (broad SMARTS) is 1. The third-order valence-corrected chi connectivity index (χ3v) is 5.96. The lowest BCUT2D eigenvalue weighted by atomic mass is 10.0. The Hall–Kier alpha value is -3.87. The van der Waals surface area contributed by atoms with Gasteiger partial charge in [0.2, 0.25) is 0 Å². The number of fused-ring (bicyclic) bond motifs is 1. The number of aryl methyl sites for hydroxylation is 3. The Morgan fingerprint density at radius 2 is 1.84 bits per heavy atom. The van der Waals surface area contributed by atoms with Gasteiger partial charge in [-0.2, -0.15) is 0 Å². The van der Waals surface area contributed by atoms with Gasteiger partial charge < -0.3 is 15.0 Å². The van der Waals surface area contributed by atoms with E-state index >= 15 is 0 Å². The maximum Gasteiger partial charge on any atom is 0.337 e. The van der Waals surface area contributed by atoms with Gasteiger partial charge in [0.1, 0.15) is 5.82 Å². The molecule has 0 unspecified atom stereocenters. The second-order valence-corrected chi connectivity index (χ2v) is 8.12. The Morgan fingerprint density at radius 1 is 1.12 bits per heavy atom. The second kappa shape index (κ2) is 8.34. The van der Waals surface area contributed by atoms with Crippen molar-refractivity contribution >= 4 is 17.9 Å². The number of benzene rings is 1. The molecule has 32 heavy (non-hydrogen) atoms. The first kappa shape index (κ1) is 21.4. The number of rotatable bonds is 5. The summed E-state index contributed by atoms with van der Waals surface area (Å²) >= 11 is 0. The molecule has 0 amide bonds. The molecule has 7 heteroatoms. The molecule has 0 atom stereocenters. The number of allylic oxidation sites excluding steroid dienone is 3. The summed E-state index contributed by atoms with van der Waals surface area (Å²) < 4.78 is 3.34. The van der Waals surface area contributed by atoms with E-state index in [2.05, 4.69) is 31.3 Å². The minimum Gasteiger partial charge on any atom is -0.478 e. The average molecular weight is 431 g/mol. The van der Waals surface area contributed by atoms with Gasteiger partial charge in [-0.3, -0.25) is 9.36 Å². The van der Waals surface area contributed by atoms with E-state index < -0.39 is 5.97 Å². The predicted octanol–water partition coefficient (Wildman–Crippen LogP) is 3.66. The van der Waals surface area contributed by atoms with Crippen molar-refractivity contribution in [2.24, 2.45) is 0 Å². The predicted molar refractivity (Wildman–Crippen MR) is 124 cm³/mol. The molecule has 4 rings (SSSR count). The molecular formula is C25H26N4O3. The Labute approximate surface area is 186 Å². The van der Waals surface area contributed by atoms with Crippen LogP contribution in [0.2, 0.25) is 0 Å². The molecule has 7 nitrogen and oxygen atoms in total. The summed E-state index contributed by atoms with van der Waals surface area (Å²) in [5, 5.41) is 12.9. The minimum absolute atomic E-state index is 0.0481. The van der Waals surface area contributed by atoms with Gasteiger partial charge in [0, 0.05) is 42.8 Å². The van der Waals surface area contributed by atoms with Gasteiger partial charge in [0.05, 0.1) is 17.0 Å². The van der Waals surface area contributed by atoms with Crippen LogP contribution in [-0.4, -0.2) is 25.2 Å². The summed E-state index contributed by atoms with van der Waals surface area (Å²) in [5.74, 6) is -0.224. The highest BCUT2D eigenvalue weighted by molar-refractivity contribution is 5.87. The summed E-state index contributed by atoms with van der Waals surface area (Å²) in [6.07, 6.45) is 5.66. The number of hydrogen-bond donors (Lipinski definition) is 2. The molecule has 0 saturated carbocycles. The maximum absolute atomic E-state index is 12.6. The van der Waals surface area contributed by atoms with Crippen LogP contribution in [0.3, 0.4) is 0 Å². The molecule has 0 saturated heterocycles. The molecule has 0 radical (unpaired) electrons. The van der Waals surface area contributed by atoms with Gasteiger partial charge in [0.25, 0.3) is 5.56 Å². The summed E-state index contributed by atoms with van der Waals surface area (Å²) in [4.78, 5) is 28.8. The summed E-state index contributed by atoms with van der Waals surface area (Å²) in [7, 11) is 0. The molecule has 0 fully saturated rings. The Morgan fingerprint density at radius 3 is 2.53 bits per heavy atom. The number of aromatic nitrogens is 3. The average Bonchev–Trinajstić information content (AvgIpc) is 2.90. The van der Waals surface area contributed by atoms with E-state index in [4.69, 9.17) is 4.98 Å². The summed E-state index contributed by atoms with van der Waals surface area (Å²) in [6.45, 7) is 8.75. The summed E-state index contributed by atoms with van der Waals surface area (Å²) in [6, 6.07) is 8.82. The number of nitrogens with zero attached hydrogens (tertiary/aromatic N) is 3. The van der Waals surface area contributed by atoms with Gasteiger partial charge in [0.15, 0.2) is 0 Å². The second-order valence-electron chi connectivity index (χ2n) is 8.12. The highest BCUT2D eigenvalue weighted by Crippen LogP contribution is 2.23. The molecule has 3 aromatic rings. The first-order valence-electron chi connectivity index (χ1n) is 10.5. The molecular weight excluding hydrogens is 404 g/mol. The van der Waals surface area contributed by atoms with Crippen LogP contribution in [0.25, 0.3) is 11.9 Å². The number of pyridine rings is 1. The zero-order valence-electron chi connectivity index (χ0n) is 18.6. The SMILES string of the molecule is Cc1cccc(C)c1CNC1=CC(n2cc(C(=O)O)ccc2=O)=Cn2c(nc(C)c2C)C1. The van der Waals surface area contributed by atoms with Crippen LogP contribution in [-0.2, 0) is 13.0 Å². The van der Waals surface area contributed by atoms with E-state index in [1.807, 2.05) is 36.8 Å². The number of carbonyl (C=O) groups is 1. The number of aromatic carboxylic acids is 1. The molecule has 3 heterocycles. The van der Waals surface area contributed by atoms with Crippen molar-refractivity contribution in [3.8, 4) is 0 Å². The fourth-order valence-corrected chi connectivity index (χ4v) is 3.95. The fourth-order valence-electron chi connectivity index (χ4n) is 3.95. The monoisotopic (exact) mass is 430 g/mol. The highest BCUT2D eigenvalue weighted by atomic mass is 16.4. The normalized spacial score (nSPS) is 13.1. The smallest absolute Gasteiger partial charge is 0.337 e. The quantitative estimate of drug-likeness (QED) is 0.645. The van der Waals surface area contributed by atoms with Crippen LogP contribution in [0.15, 0.2) is 53.1 Å².